The van der Waals surface area contributed by atoms with Crippen molar-refractivity contribution in [3.63, 3.8) is 0 Å². The van der Waals surface area contributed by atoms with Gasteiger partial charge in [-0.3, -0.25) is 9.69 Å². The summed E-state index contributed by atoms with van der Waals surface area (Å²) in [5.41, 5.74) is 3.22. The van der Waals surface area contributed by atoms with Gasteiger partial charge in [0.25, 0.3) is 5.91 Å². The highest BCUT2D eigenvalue weighted by Gasteiger charge is 2.14. The van der Waals surface area contributed by atoms with E-state index < -0.39 is 0 Å². The summed E-state index contributed by atoms with van der Waals surface area (Å²) in [7, 11) is 0. The molecule has 1 aliphatic heterocycles. The van der Waals surface area contributed by atoms with E-state index in [9.17, 15) is 9.90 Å². The molecule has 0 fully saturated rings. The van der Waals surface area contributed by atoms with Crippen LogP contribution in [-0.4, -0.2) is 48.2 Å². The first-order valence-electron chi connectivity index (χ1n) is 8.04. The Bertz CT molecular complexity index is 520. The molecule has 1 atom stereocenters. The third-order valence-electron chi connectivity index (χ3n) is 4.01. The molecule has 0 saturated heterocycles. The predicted molar refractivity (Wildman–Crippen MR) is 89.0 cm³/mol. The molecule has 1 unspecified atom stereocenters. The first-order valence-corrected chi connectivity index (χ1v) is 8.04. The second-order valence-corrected chi connectivity index (χ2v) is 5.95. The summed E-state index contributed by atoms with van der Waals surface area (Å²) in [5, 5.41) is 12.4. The van der Waals surface area contributed by atoms with Crippen molar-refractivity contribution in [2.75, 3.05) is 26.2 Å². The molecule has 0 bridgehead atoms. The molecule has 1 amide bonds. The number of aliphatic hydroxyl groups is 1. The lowest BCUT2D eigenvalue weighted by Crippen LogP contribution is -2.36. The maximum Gasteiger partial charge on any atom is 0.251 e. The van der Waals surface area contributed by atoms with Crippen LogP contribution in [0.2, 0.25) is 0 Å². The van der Waals surface area contributed by atoms with E-state index in [-0.39, 0.29) is 12.0 Å². The zero-order chi connectivity index (χ0) is 15.9. The molecule has 22 heavy (non-hydrogen) atoms. The smallest absolute Gasteiger partial charge is 0.251 e. The standard InChI is InChI=1S/C18H26N2O2/c1-3-15-4-6-17(7-5-15)18(22)19-12-16-8-10-20(11-9-16)13-14(2)21/h4-8,14,21H,3,9-13H2,1-2H3,(H,19,22). The van der Waals surface area contributed by atoms with Gasteiger partial charge >= 0.3 is 0 Å². The molecule has 1 aromatic carbocycles. The number of amides is 1. The quantitative estimate of drug-likeness (QED) is 0.790. The summed E-state index contributed by atoms with van der Waals surface area (Å²) in [6, 6.07) is 7.77. The Morgan fingerprint density at radius 1 is 1.36 bits per heavy atom. The Kier molecular flexibility index (Phi) is 6.16. The summed E-state index contributed by atoms with van der Waals surface area (Å²) in [6.07, 6.45) is 3.80. The van der Waals surface area contributed by atoms with Gasteiger partial charge in [0.15, 0.2) is 0 Å². The van der Waals surface area contributed by atoms with E-state index in [4.69, 9.17) is 0 Å². The van der Waals surface area contributed by atoms with Gasteiger partial charge in [0.05, 0.1) is 6.10 Å². The number of hydrogen-bond donors (Lipinski definition) is 2. The Morgan fingerprint density at radius 3 is 2.64 bits per heavy atom. The van der Waals surface area contributed by atoms with Crippen LogP contribution in [0.5, 0.6) is 0 Å². The second-order valence-electron chi connectivity index (χ2n) is 5.95. The van der Waals surface area contributed by atoms with Gasteiger partial charge in [0, 0.05) is 31.7 Å². The van der Waals surface area contributed by atoms with E-state index in [2.05, 4.69) is 23.2 Å². The molecule has 0 aliphatic carbocycles. The zero-order valence-electron chi connectivity index (χ0n) is 13.5. The van der Waals surface area contributed by atoms with Crippen LogP contribution in [0.1, 0.15) is 36.2 Å². The average Bonchev–Trinajstić information content (AvgIpc) is 2.53. The number of aliphatic hydroxyl groups excluding tert-OH is 1. The summed E-state index contributed by atoms with van der Waals surface area (Å²) >= 11 is 0. The Labute approximate surface area is 132 Å². The van der Waals surface area contributed by atoms with Gasteiger partial charge in [-0.05, 0) is 37.5 Å². The number of hydrogen-bond acceptors (Lipinski definition) is 3. The van der Waals surface area contributed by atoms with Crippen LogP contribution in [0.25, 0.3) is 0 Å². The largest absolute Gasteiger partial charge is 0.392 e. The van der Waals surface area contributed by atoms with Crippen LogP contribution in [0.4, 0.5) is 0 Å². The highest BCUT2D eigenvalue weighted by molar-refractivity contribution is 5.94. The molecule has 120 valence electrons. The van der Waals surface area contributed by atoms with Gasteiger partial charge in [-0.25, -0.2) is 0 Å². The molecule has 0 saturated carbocycles. The average molecular weight is 302 g/mol. The maximum absolute atomic E-state index is 12.1. The summed E-state index contributed by atoms with van der Waals surface area (Å²) < 4.78 is 0. The third kappa shape index (κ3) is 4.97. The van der Waals surface area contributed by atoms with Gasteiger partial charge in [0.2, 0.25) is 0 Å². The van der Waals surface area contributed by atoms with Crippen molar-refractivity contribution >= 4 is 5.91 Å². The summed E-state index contributed by atoms with van der Waals surface area (Å²) in [5.74, 6) is -0.0186. The van der Waals surface area contributed by atoms with Gasteiger partial charge in [-0.1, -0.05) is 30.7 Å². The maximum atomic E-state index is 12.1. The minimum absolute atomic E-state index is 0.0186. The number of aryl methyl sites for hydroxylation is 1. The molecule has 2 N–H and O–H groups in total. The van der Waals surface area contributed by atoms with Gasteiger partial charge in [-0.15, -0.1) is 0 Å². The van der Waals surface area contributed by atoms with Crippen molar-refractivity contribution in [1.29, 1.82) is 0 Å². The van der Waals surface area contributed by atoms with Gasteiger partial charge in [-0.2, -0.15) is 0 Å². The van der Waals surface area contributed by atoms with Crippen LogP contribution >= 0.6 is 0 Å². The Balaban J connectivity index is 1.80. The van der Waals surface area contributed by atoms with Crippen LogP contribution in [0.15, 0.2) is 35.9 Å². The molecule has 4 heteroatoms. The molecule has 0 radical (unpaired) electrons. The second kappa shape index (κ2) is 8.11. The molecule has 4 nitrogen and oxygen atoms in total. The normalized spacial score (nSPS) is 17.0. The summed E-state index contributed by atoms with van der Waals surface area (Å²) in [4.78, 5) is 14.3. The number of nitrogens with zero attached hydrogens (tertiary/aromatic N) is 1. The lowest BCUT2D eigenvalue weighted by Gasteiger charge is -2.27. The van der Waals surface area contributed by atoms with E-state index in [0.717, 1.165) is 25.9 Å². The fraction of sp³-hybridized carbons (Fsp3) is 0.500. The predicted octanol–water partition coefficient (Wildman–Crippen LogP) is 1.99. The molecule has 1 aliphatic rings. The lowest BCUT2D eigenvalue weighted by atomic mass is 10.1. The summed E-state index contributed by atoms with van der Waals surface area (Å²) in [6.45, 7) is 7.02. The molecule has 1 heterocycles. The molecule has 0 spiro atoms. The van der Waals surface area contributed by atoms with E-state index in [1.165, 1.54) is 11.1 Å². The SMILES string of the molecule is CCc1ccc(C(=O)NCC2=CCN(CC(C)O)CC2)cc1. The minimum Gasteiger partial charge on any atom is -0.392 e. The first-order chi connectivity index (χ1) is 10.6. The minimum atomic E-state index is -0.291. The van der Waals surface area contributed by atoms with Crippen LogP contribution in [0.3, 0.4) is 0 Å². The van der Waals surface area contributed by atoms with Crippen LogP contribution < -0.4 is 5.32 Å². The monoisotopic (exact) mass is 302 g/mol. The van der Waals surface area contributed by atoms with Gasteiger partial charge in [0.1, 0.15) is 0 Å². The number of rotatable bonds is 6. The molecule has 2 rings (SSSR count). The fourth-order valence-electron chi connectivity index (χ4n) is 2.64. The van der Waals surface area contributed by atoms with Crippen LogP contribution in [0, 0.1) is 0 Å². The van der Waals surface area contributed by atoms with Crippen molar-refractivity contribution in [1.82, 2.24) is 10.2 Å². The van der Waals surface area contributed by atoms with E-state index in [1.807, 2.05) is 31.2 Å². The first kappa shape index (κ1) is 16.7. The highest BCUT2D eigenvalue weighted by Crippen LogP contribution is 2.11. The number of carbonyl (C=O) groups excluding carboxylic acids is 1. The third-order valence-corrected chi connectivity index (χ3v) is 4.01. The molecule has 0 aromatic heterocycles. The number of carbonyl (C=O) groups is 1. The van der Waals surface area contributed by atoms with E-state index >= 15 is 0 Å². The van der Waals surface area contributed by atoms with Crippen molar-refractivity contribution in [2.24, 2.45) is 0 Å². The molecule has 1 aromatic rings. The van der Waals surface area contributed by atoms with Crippen molar-refractivity contribution in [3.05, 3.63) is 47.0 Å². The van der Waals surface area contributed by atoms with Crippen molar-refractivity contribution in [3.8, 4) is 0 Å². The lowest BCUT2D eigenvalue weighted by molar-refractivity contribution is 0.0956. The zero-order valence-corrected chi connectivity index (χ0v) is 13.5. The number of nitrogens with one attached hydrogen (secondary N) is 1. The Hall–Kier alpha value is -1.65. The van der Waals surface area contributed by atoms with Crippen LogP contribution in [-0.2, 0) is 6.42 Å². The highest BCUT2D eigenvalue weighted by atomic mass is 16.3. The fourth-order valence-corrected chi connectivity index (χ4v) is 2.64. The van der Waals surface area contributed by atoms with Crippen molar-refractivity contribution < 1.29 is 9.90 Å². The van der Waals surface area contributed by atoms with Gasteiger partial charge < -0.3 is 10.4 Å². The number of β-amino-alcohol motifs (C(OH)–C–C–N with tert-alkyl or cyclic N) is 1. The van der Waals surface area contributed by atoms with E-state index in [0.29, 0.717) is 18.7 Å². The topological polar surface area (TPSA) is 52.6 Å². The Morgan fingerprint density at radius 2 is 2.09 bits per heavy atom. The van der Waals surface area contributed by atoms with E-state index in [1.54, 1.807) is 0 Å². The molecular weight excluding hydrogens is 276 g/mol. The molecular formula is C18H26N2O2. The van der Waals surface area contributed by atoms with Crippen molar-refractivity contribution in [2.45, 2.75) is 32.8 Å². The number of benzene rings is 1.